The van der Waals surface area contributed by atoms with Crippen molar-refractivity contribution < 1.29 is 28.9 Å². The molecule has 0 saturated heterocycles. The number of hydrogen-bond acceptors (Lipinski definition) is 6. The van der Waals surface area contributed by atoms with Gasteiger partial charge in [0.05, 0.1) is 39.6 Å². The molecule has 0 saturated carbocycles. The van der Waals surface area contributed by atoms with Gasteiger partial charge < -0.3 is 19.3 Å². The number of aliphatic hydroxyl groups is 1. The van der Waals surface area contributed by atoms with Crippen LogP contribution in [0.25, 0.3) is 0 Å². The second kappa shape index (κ2) is 9.01. The fraction of sp³-hybridized carbons (Fsp3) is 0.333. The summed E-state index contributed by atoms with van der Waals surface area (Å²) < 4.78 is 16.3. The molecule has 0 bridgehead atoms. The largest absolute Gasteiger partial charge is 0.394 e. The van der Waals surface area contributed by atoms with Crippen LogP contribution in [-0.4, -0.2) is 62.4 Å². The molecule has 6 heteroatoms. The number of rotatable bonds is 9. The summed E-state index contributed by atoms with van der Waals surface area (Å²) in [5.74, 6) is -0.371. The Kier molecular flexibility index (Phi) is 6.47. The lowest BCUT2D eigenvalue weighted by atomic mass is 9.78. The number of Topliss-reactive ketones (excluding diaryl/α,β-unsaturated/α-hetero) is 2. The Morgan fingerprint density at radius 3 is 2.22 bits per heavy atom. The average Bonchev–Trinajstić information content (AvgIpc) is 2.69. The van der Waals surface area contributed by atoms with E-state index in [4.69, 9.17) is 19.3 Å². The Bertz CT molecular complexity index is 805. The predicted octanol–water partition coefficient (Wildman–Crippen LogP) is 1.90. The van der Waals surface area contributed by atoms with Gasteiger partial charge >= 0.3 is 0 Å². The summed E-state index contributed by atoms with van der Waals surface area (Å²) in [7, 11) is 0. The van der Waals surface area contributed by atoms with Crippen LogP contribution in [0.4, 0.5) is 0 Å². The first kappa shape index (κ1) is 19.4. The third kappa shape index (κ3) is 4.14. The fourth-order valence-electron chi connectivity index (χ4n) is 3.10. The van der Waals surface area contributed by atoms with E-state index in [1.165, 1.54) is 0 Å². The zero-order valence-electron chi connectivity index (χ0n) is 15.0. The molecule has 27 heavy (non-hydrogen) atoms. The number of ether oxygens (including phenoxy) is 3. The summed E-state index contributed by atoms with van der Waals surface area (Å²) in [4.78, 5) is 25.7. The highest BCUT2D eigenvalue weighted by atomic mass is 16.5. The Morgan fingerprint density at radius 2 is 1.52 bits per heavy atom. The smallest absolute Gasteiger partial charge is 0.194 e. The maximum Gasteiger partial charge on any atom is 0.194 e. The molecule has 3 rings (SSSR count). The van der Waals surface area contributed by atoms with Crippen LogP contribution in [0.1, 0.15) is 20.7 Å². The van der Waals surface area contributed by atoms with Crippen LogP contribution in [-0.2, 0) is 14.2 Å². The molecule has 2 aliphatic carbocycles. The number of carbonyl (C=O) groups excluding carboxylic acids is 2. The van der Waals surface area contributed by atoms with E-state index in [-0.39, 0.29) is 31.4 Å². The highest BCUT2D eigenvalue weighted by Gasteiger charge is 2.37. The van der Waals surface area contributed by atoms with Crippen LogP contribution in [0.2, 0.25) is 0 Å². The topological polar surface area (TPSA) is 82.1 Å². The van der Waals surface area contributed by atoms with E-state index in [0.717, 1.165) is 0 Å². The van der Waals surface area contributed by atoms with Crippen molar-refractivity contribution >= 4 is 11.6 Å². The van der Waals surface area contributed by atoms with E-state index in [9.17, 15) is 9.59 Å². The van der Waals surface area contributed by atoms with Crippen molar-refractivity contribution in [1.29, 1.82) is 0 Å². The first-order valence-electron chi connectivity index (χ1n) is 8.82. The minimum Gasteiger partial charge on any atom is -0.394 e. The van der Waals surface area contributed by atoms with Gasteiger partial charge in [0.25, 0.3) is 0 Å². The summed E-state index contributed by atoms with van der Waals surface area (Å²) in [5, 5.41) is 8.62. The van der Waals surface area contributed by atoms with Gasteiger partial charge in [-0.3, -0.25) is 9.59 Å². The van der Waals surface area contributed by atoms with Crippen LogP contribution in [0.3, 0.4) is 0 Å². The van der Waals surface area contributed by atoms with Crippen LogP contribution >= 0.6 is 0 Å². The van der Waals surface area contributed by atoms with Crippen LogP contribution in [0, 0.1) is 0 Å². The zero-order valence-corrected chi connectivity index (χ0v) is 15.0. The molecule has 142 valence electrons. The number of ketones is 2. The molecule has 1 aromatic rings. The van der Waals surface area contributed by atoms with Gasteiger partial charge in [-0.2, -0.15) is 0 Å². The number of hydrogen-bond donors (Lipinski definition) is 1. The van der Waals surface area contributed by atoms with Gasteiger partial charge in [0.2, 0.25) is 0 Å². The van der Waals surface area contributed by atoms with Gasteiger partial charge in [0.1, 0.15) is 6.10 Å². The van der Waals surface area contributed by atoms with E-state index in [0.29, 0.717) is 47.7 Å². The lowest BCUT2D eigenvalue weighted by molar-refractivity contribution is 0.000588. The third-order valence-electron chi connectivity index (χ3n) is 4.38. The molecule has 0 fully saturated rings. The van der Waals surface area contributed by atoms with Crippen molar-refractivity contribution in [2.24, 2.45) is 0 Å². The molecule has 0 aliphatic heterocycles. The fourth-order valence-corrected chi connectivity index (χ4v) is 3.10. The van der Waals surface area contributed by atoms with Gasteiger partial charge in [-0.1, -0.05) is 43.0 Å². The Balaban J connectivity index is 1.65. The summed E-state index contributed by atoms with van der Waals surface area (Å²) in [6, 6.07) is 6.81. The Labute approximate surface area is 157 Å². The molecular weight excluding hydrogens is 348 g/mol. The number of fused-ring (bicyclic) bond motifs is 1. The first-order valence-corrected chi connectivity index (χ1v) is 8.82. The number of benzene rings is 1. The lowest BCUT2D eigenvalue weighted by Gasteiger charge is -2.29. The zero-order chi connectivity index (χ0) is 19.2. The predicted molar refractivity (Wildman–Crippen MR) is 98.9 cm³/mol. The van der Waals surface area contributed by atoms with Crippen molar-refractivity contribution in [1.82, 2.24) is 0 Å². The van der Waals surface area contributed by atoms with E-state index >= 15 is 0 Å². The quantitative estimate of drug-likeness (QED) is 0.669. The monoisotopic (exact) mass is 370 g/mol. The molecular formula is C21H22O6. The van der Waals surface area contributed by atoms with E-state index in [1.54, 1.807) is 36.4 Å². The van der Waals surface area contributed by atoms with Crippen LogP contribution < -0.4 is 0 Å². The molecule has 6 nitrogen and oxygen atoms in total. The van der Waals surface area contributed by atoms with Gasteiger partial charge in [0, 0.05) is 22.3 Å². The van der Waals surface area contributed by atoms with Crippen molar-refractivity contribution in [2.75, 3.05) is 39.6 Å². The summed E-state index contributed by atoms with van der Waals surface area (Å²) in [6.45, 7) is 5.55. The van der Waals surface area contributed by atoms with Crippen molar-refractivity contribution in [3.05, 3.63) is 70.8 Å². The molecule has 2 aliphatic rings. The van der Waals surface area contributed by atoms with Crippen LogP contribution in [0.15, 0.2) is 59.7 Å². The molecule has 1 unspecified atom stereocenters. The Morgan fingerprint density at radius 1 is 0.889 bits per heavy atom. The highest BCUT2D eigenvalue weighted by Crippen LogP contribution is 2.35. The third-order valence-corrected chi connectivity index (χ3v) is 4.38. The molecule has 1 aromatic carbocycles. The Hall–Kier alpha value is -2.38. The summed E-state index contributed by atoms with van der Waals surface area (Å²) in [6.07, 6.45) is 2.69. The minimum absolute atomic E-state index is 0.0201. The molecule has 0 aromatic heterocycles. The molecule has 0 heterocycles. The standard InChI is InChI=1S/C21H22O6/c1-14-6-7-17-18(20(24)16-5-3-2-4-15(16)19(17)23)21(14)27-13-12-26-11-10-25-9-8-22/h2-7,21-22H,1,8-13H2. The molecule has 0 amide bonds. The normalized spacial score (nSPS) is 18.7. The second-order valence-electron chi connectivity index (χ2n) is 6.14. The number of aliphatic hydroxyl groups excluding tert-OH is 1. The van der Waals surface area contributed by atoms with E-state index < -0.39 is 6.10 Å². The molecule has 0 spiro atoms. The summed E-state index contributed by atoms with van der Waals surface area (Å²) >= 11 is 0. The van der Waals surface area contributed by atoms with Gasteiger partial charge in [-0.05, 0) is 5.57 Å². The van der Waals surface area contributed by atoms with E-state index in [2.05, 4.69) is 6.58 Å². The lowest BCUT2D eigenvalue weighted by Crippen LogP contribution is -2.33. The maximum absolute atomic E-state index is 13.0. The van der Waals surface area contributed by atoms with Crippen molar-refractivity contribution in [3.63, 3.8) is 0 Å². The molecule has 1 N–H and O–H groups in total. The van der Waals surface area contributed by atoms with Crippen molar-refractivity contribution in [2.45, 2.75) is 6.10 Å². The van der Waals surface area contributed by atoms with Crippen molar-refractivity contribution in [3.8, 4) is 0 Å². The first-order chi connectivity index (χ1) is 13.1. The van der Waals surface area contributed by atoms with Crippen LogP contribution in [0.5, 0.6) is 0 Å². The van der Waals surface area contributed by atoms with Gasteiger partial charge in [-0.15, -0.1) is 0 Å². The molecule has 1 atom stereocenters. The summed E-state index contributed by atoms with van der Waals surface area (Å²) in [5.41, 5.74) is 2.16. The van der Waals surface area contributed by atoms with Gasteiger partial charge in [0.15, 0.2) is 11.6 Å². The number of carbonyl (C=O) groups is 2. The maximum atomic E-state index is 13.0. The minimum atomic E-state index is -0.663. The number of allylic oxidation sites excluding steroid dienone is 2. The second-order valence-corrected chi connectivity index (χ2v) is 6.14. The molecule has 0 radical (unpaired) electrons. The van der Waals surface area contributed by atoms with E-state index in [1.807, 2.05) is 0 Å². The average molecular weight is 370 g/mol. The SMILES string of the molecule is C=C1C=CC2=C(C(=O)c3ccccc3C2=O)C1OCCOCCOCCO. The van der Waals surface area contributed by atoms with Gasteiger partial charge in [-0.25, -0.2) is 0 Å². The highest BCUT2D eigenvalue weighted by molar-refractivity contribution is 6.28.